The predicted octanol–water partition coefficient (Wildman–Crippen LogP) is 7.60. The molecule has 0 atom stereocenters. The average molecular weight is 546 g/mol. The number of esters is 2. The van der Waals surface area contributed by atoms with Crippen LogP contribution in [0.1, 0.15) is 68.6 Å². The lowest BCUT2D eigenvalue weighted by molar-refractivity contribution is -0.137. The normalized spacial score (nSPS) is 10.5. The molecule has 0 bridgehead atoms. The zero-order valence-electron chi connectivity index (χ0n) is 23.3. The van der Waals surface area contributed by atoms with Gasteiger partial charge in [0.15, 0.2) is 0 Å². The van der Waals surface area contributed by atoms with Crippen LogP contribution < -0.4 is 14.2 Å². The summed E-state index contributed by atoms with van der Waals surface area (Å²) in [6, 6.07) is 18.1. The van der Waals surface area contributed by atoms with Gasteiger partial charge in [-0.25, -0.2) is 9.59 Å². The van der Waals surface area contributed by atoms with E-state index in [-0.39, 0.29) is 5.97 Å². The fourth-order valence-electron chi connectivity index (χ4n) is 3.91. The first-order chi connectivity index (χ1) is 19.6. The molecule has 2 aromatic carbocycles. The summed E-state index contributed by atoms with van der Waals surface area (Å²) in [5, 5.41) is 0. The molecule has 0 spiro atoms. The molecule has 0 aliphatic carbocycles. The molecule has 0 amide bonds. The third-order valence-electron chi connectivity index (χ3n) is 6.13. The maximum Gasteiger partial charge on any atom is 0.343 e. The summed E-state index contributed by atoms with van der Waals surface area (Å²) in [6.45, 7) is 7.20. The van der Waals surface area contributed by atoms with Gasteiger partial charge in [-0.15, -0.1) is 0 Å². The van der Waals surface area contributed by atoms with Crippen LogP contribution in [-0.4, -0.2) is 36.7 Å². The zero-order valence-corrected chi connectivity index (χ0v) is 23.3. The first-order valence-electron chi connectivity index (χ1n) is 14.0. The number of rotatable bonds is 18. The molecule has 212 valence electrons. The quantitative estimate of drug-likeness (QED) is 0.0704. The molecule has 0 aliphatic heterocycles. The molecular formula is C33H39NO6. The molecule has 0 saturated heterocycles. The number of nitrogens with zero attached hydrogens (tertiary/aromatic N) is 1. The van der Waals surface area contributed by atoms with Crippen molar-refractivity contribution in [3.63, 3.8) is 0 Å². The fraction of sp³-hybridized carbons (Fsp3) is 0.364. The Bertz CT molecular complexity index is 1170. The van der Waals surface area contributed by atoms with Gasteiger partial charge in [0, 0.05) is 11.6 Å². The van der Waals surface area contributed by atoms with Gasteiger partial charge >= 0.3 is 11.9 Å². The van der Waals surface area contributed by atoms with Gasteiger partial charge in [-0.3, -0.25) is 4.98 Å². The minimum absolute atomic E-state index is 0.356. The van der Waals surface area contributed by atoms with Gasteiger partial charge in [0.25, 0.3) is 0 Å². The second kappa shape index (κ2) is 17.5. The highest BCUT2D eigenvalue weighted by Crippen LogP contribution is 2.23. The van der Waals surface area contributed by atoms with Gasteiger partial charge in [0.2, 0.25) is 0 Å². The van der Waals surface area contributed by atoms with Crippen LogP contribution in [0.2, 0.25) is 0 Å². The Morgan fingerprint density at radius 3 is 1.95 bits per heavy atom. The molecule has 40 heavy (non-hydrogen) atoms. The Morgan fingerprint density at radius 1 is 0.725 bits per heavy atom. The van der Waals surface area contributed by atoms with E-state index in [9.17, 15) is 9.59 Å². The lowest BCUT2D eigenvalue weighted by Gasteiger charge is -2.09. The van der Waals surface area contributed by atoms with Crippen molar-refractivity contribution in [3.8, 4) is 28.5 Å². The van der Waals surface area contributed by atoms with E-state index in [0.29, 0.717) is 31.1 Å². The maximum atomic E-state index is 12.6. The minimum atomic E-state index is -0.422. The summed E-state index contributed by atoms with van der Waals surface area (Å²) >= 11 is 0. The van der Waals surface area contributed by atoms with Crippen molar-refractivity contribution in [1.29, 1.82) is 0 Å². The first-order valence-corrected chi connectivity index (χ1v) is 14.0. The highest BCUT2D eigenvalue weighted by Gasteiger charge is 2.10. The summed E-state index contributed by atoms with van der Waals surface area (Å²) in [6.07, 6.45) is 11.3. The smallest absolute Gasteiger partial charge is 0.343 e. The monoisotopic (exact) mass is 545 g/mol. The van der Waals surface area contributed by atoms with Gasteiger partial charge in [0.05, 0.1) is 37.3 Å². The van der Waals surface area contributed by atoms with Gasteiger partial charge in [-0.05, 0) is 79.9 Å². The third kappa shape index (κ3) is 10.9. The van der Waals surface area contributed by atoms with E-state index in [1.54, 1.807) is 42.6 Å². The Balaban J connectivity index is 1.31. The molecule has 7 nitrogen and oxygen atoms in total. The van der Waals surface area contributed by atoms with Crippen molar-refractivity contribution in [3.05, 3.63) is 85.1 Å². The molecule has 1 aromatic heterocycles. The third-order valence-corrected chi connectivity index (χ3v) is 6.13. The molecule has 3 aromatic rings. The largest absolute Gasteiger partial charge is 0.494 e. The number of carbonyl (C=O) groups is 2. The molecular weight excluding hydrogens is 506 g/mol. The van der Waals surface area contributed by atoms with Crippen LogP contribution in [0.15, 0.2) is 79.5 Å². The molecule has 1 heterocycles. The van der Waals surface area contributed by atoms with Gasteiger partial charge < -0.3 is 18.9 Å². The lowest BCUT2D eigenvalue weighted by Crippen LogP contribution is -2.08. The Morgan fingerprint density at radius 2 is 1.32 bits per heavy atom. The number of benzene rings is 2. The van der Waals surface area contributed by atoms with Crippen molar-refractivity contribution in [1.82, 2.24) is 4.98 Å². The van der Waals surface area contributed by atoms with E-state index in [4.69, 9.17) is 18.9 Å². The number of carbonyl (C=O) groups excluding carboxylic acids is 2. The molecule has 0 unspecified atom stereocenters. The van der Waals surface area contributed by atoms with Crippen molar-refractivity contribution in [2.45, 2.75) is 58.3 Å². The van der Waals surface area contributed by atoms with Crippen molar-refractivity contribution in [2.24, 2.45) is 0 Å². The van der Waals surface area contributed by atoms with E-state index in [1.807, 2.05) is 24.3 Å². The van der Waals surface area contributed by atoms with Gasteiger partial charge in [0.1, 0.15) is 17.2 Å². The SMILES string of the molecule is C=CC(=O)OCCCCCCCCCOc1ccc(C(=O)Oc2ccc(-c3ccc(OCCC)cn3)cc2)cc1. The van der Waals surface area contributed by atoms with Gasteiger partial charge in [-0.2, -0.15) is 0 Å². The first kappa shape index (κ1) is 30.4. The van der Waals surface area contributed by atoms with Crippen LogP contribution in [0.5, 0.6) is 17.2 Å². The molecule has 0 radical (unpaired) electrons. The van der Waals surface area contributed by atoms with Crippen molar-refractivity contribution >= 4 is 11.9 Å². The second-order valence-corrected chi connectivity index (χ2v) is 9.36. The van der Waals surface area contributed by atoms with Crippen molar-refractivity contribution < 1.29 is 28.5 Å². The lowest BCUT2D eigenvalue weighted by atomic mass is 10.1. The summed E-state index contributed by atoms with van der Waals surface area (Å²) in [5.74, 6) is 1.17. The highest BCUT2D eigenvalue weighted by molar-refractivity contribution is 5.91. The Hall–Kier alpha value is -4.13. The second-order valence-electron chi connectivity index (χ2n) is 9.36. The minimum Gasteiger partial charge on any atom is -0.494 e. The number of aromatic nitrogens is 1. The Kier molecular flexibility index (Phi) is 13.3. The average Bonchev–Trinajstić information content (AvgIpc) is 2.99. The van der Waals surface area contributed by atoms with Crippen LogP contribution in [0, 0.1) is 0 Å². The molecule has 0 fully saturated rings. The summed E-state index contributed by atoms with van der Waals surface area (Å²) < 4.78 is 21.9. The Labute approximate surface area is 237 Å². The van der Waals surface area contributed by atoms with Crippen LogP contribution >= 0.6 is 0 Å². The van der Waals surface area contributed by atoms with Crippen LogP contribution in [0.3, 0.4) is 0 Å². The maximum absolute atomic E-state index is 12.6. The fourth-order valence-corrected chi connectivity index (χ4v) is 3.91. The van der Waals surface area contributed by atoms with Crippen LogP contribution in [0.25, 0.3) is 11.3 Å². The van der Waals surface area contributed by atoms with E-state index >= 15 is 0 Å². The number of ether oxygens (including phenoxy) is 4. The highest BCUT2D eigenvalue weighted by atomic mass is 16.5. The number of hydrogen-bond donors (Lipinski definition) is 0. The number of hydrogen-bond acceptors (Lipinski definition) is 7. The zero-order chi connectivity index (χ0) is 28.4. The van der Waals surface area contributed by atoms with Crippen molar-refractivity contribution in [2.75, 3.05) is 19.8 Å². The van der Waals surface area contributed by atoms with E-state index in [0.717, 1.165) is 74.1 Å². The number of unbranched alkanes of at least 4 members (excludes halogenated alkanes) is 6. The molecule has 7 heteroatoms. The molecule has 0 aliphatic rings. The molecule has 0 saturated carbocycles. The summed E-state index contributed by atoms with van der Waals surface area (Å²) in [4.78, 5) is 28.0. The predicted molar refractivity (Wildman–Crippen MR) is 156 cm³/mol. The van der Waals surface area contributed by atoms with E-state index in [2.05, 4.69) is 18.5 Å². The van der Waals surface area contributed by atoms with Crippen LogP contribution in [0.4, 0.5) is 0 Å². The van der Waals surface area contributed by atoms with Crippen LogP contribution in [-0.2, 0) is 9.53 Å². The van der Waals surface area contributed by atoms with E-state index < -0.39 is 5.97 Å². The van der Waals surface area contributed by atoms with Gasteiger partial charge in [-0.1, -0.05) is 45.6 Å². The molecule has 3 rings (SSSR count). The van der Waals surface area contributed by atoms with E-state index in [1.165, 1.54) is 6.08 Å². The number of pyridine rings is 1. The topological polar surface area (TPSA) is 84.0 Å². The standard InChI is InChI=1S/C33H39NO6/c1-3-22-37-30-20-21-31(34-25-30)26-12-18-29(19-13-26)40-33(36)27-14-16-28(17-15-27)38-23-10-8-6-5-7-9-11-24-39-32(35)4-2/h4,12-21,25H,2-3,5-11,22-24H2,1H3. The summed E-state index contributed by atoms with van der Waals surface area (Å²) in [5.41, 5.74) is 2.20. The molecule has 0 N–H and O–H groups in total. The summed E-state index contributed by atoms with van der Waals surface area (Å²) in [7, 11) is 0.